The number of rotatable bonds is 1. The molecular weight excluding hydrogens is 132 g/mol. The SMILES string of the molecule is C[CH]C1/C=C\CCCCCC1. The highest BCUT2D eigenvalue weighted by molar-refractivity contribution is 4.94. The Morgan fingerprint density at radius 1 is 1.18 bits per heavy atom. The molecule has 1 rings (SSSR count). The zero-order chi connectivity index (χ0) is 7.94. The molecule has 0 saturated heterocycles. The van der Waals surface area contributed by atoms with Crippen LogP contribution in [0.5, 0.6) is 0 Å². The summed E-state index contributed by atoms with van der Waals surface area (Å²) in [4.78, 5) is 0. The van der Waals surface area contributed by atoms with E-state index in [4.69, 9.17) is 0 Å². The molecule has 0 spiro atoms. The third-order valence-corrected chi connectivity index (χ3v) is 2.47. The zero-order valence-electron chi connectivity index (χ0n) is 7.55. The molecule has 63 valence electrons. The highest BCUT2D eigenvalue weighted by Crippen LogP contribution is 2.18. The summed E-state index contributed by atoms with van der Waals surface area (Å²) in [5.74, 6) is 0.757. The standard InChI is InChI=1S/C11H19/c1-2-11-9-7-5-3-4-6-8-10-11/h2,7,9,11H,3-6,8,10H2,1H3/b9-7-. The highest BCUT2D eigenvalue weighted by atomic mass is 14.1. The fourth-order valence-corrected chi connectivity index (χ4v) is 1.64. The van der Waals surface area contributed by atoms with Crippen molar-refractivity contribution in [3.63, 3.8) is 0 Å². The molecule has 0 bridgehead atoms. The van der Waals surface area contributed by atoms with Gasteiger partial charge in [-0.3, -0.25) is 0 Å². The Morgan fingerprint density at radius 2 is 2.00 bits per heavy atom. The lowest BCUT2D eigenvalue weighted by Crippen LogP contribution is -1.93. The third-order valence-electron chi connectivity index (χ3n) is 2.47. The van der Waals surface area contributed by atoms with Crippen LogP contribution in [0.3, 0.4) is 0 Å². The first-order valence-corrected chi connectivity index (χ1v) is 4.89. The van der Waals surface area contributed by atoms with Crippen molar-refractivity contribution in [2.75, 3.05) is 0 Å². The summed E-state index contributed by atoms with van der Waals surface area (Å²) in [6.45, 7) is 2.17. The van der Waals surface area contributed by atoms with Gasteiger partial charge in [0.2, 0.25) is 0 Å². The molecule has 1 atom stereocenters. The molecule has 0 heterocycles. The van der Waals surface area contributed by atoms with Crippen molar-refractivity contribution in [3.05, 3.63) is 18.6 Å². The Bertz CT molecular complexity index is 113. The van der Waals surface area contributed by atoms with Crippen LogP contribution in [0.1, 0.15) is 45.4 Å². The van der Waals surface area contributed by atoms with E-state index in [1.807, 2.05) is 0 Å². The summed E-state index contributed by atoms with van der Waals surface area (Å²) < 4.78 is 0. The normalized spacial score (nSPS) is 30.1. The van der Waals surface area contributed by atoms with Gasteiger partial charge < -0.3 is 0 Å². The number of hydrogen-bond acceptors (Lipinski definition) is 0. The minimum atomic E-state index is 0.757. The van der Waals surface area contributed by atoms with Crippen LogP contribution in [0, 0.1) is 12.3 Å². The lowest BCUT2D eigenvalue weighted by Gasteiger charge is -2.07. The summed E-state index contributed by atoms with van der Waals surface area (Å²) in [7, 11) is 0. The molecule has 1 aliphatic rings. The van der Waals surface area contributed by atoms with Gasteiger partial charge in [0.25, 0.3) is 0 Å². The topological polar surface area (TPSA) is 0 Å². The first-order valence-electron chi connectivity index (χ1n) is 4.89. The Labute approximate surface area is 70.7 Å². The van der Waals surface area contributed by atoms with Crippen molar-refractivity contribution in [2.45, 2.75) is 45.4 Å². The Balaban J connectivity index is 2.32. The molecular formula is C11H19. The van der Waals surface area contributed by atoms with E-state index in [-0.39, 0.29) is 0 Å². The second-order valence-corrected chi connectivity index (χ2v) is 3.42. The zero-order valence-corrected chi connectivity index (χ0v) is 7.55. The van der Waals surface area contributed by atoms with Gasteiger partial charge in [0.15, 0.2) is 0 Å². The number of allylic oxidation sites excluding steroid dienone is 2. The van der Waals surface area contributed by atoms with Gasteiger partial charge in [-0.1, -0.05) is 38.3 Å². The average Bonchev–Trinajstić information content (AvgIpc) is 2.16. The maximum absolute atomic E-state index is 2.38. The Morgan fingerprint density at radius 3 is 2.82 bits per heavy atom. The van der Waals surface area contributed by atoms with E-state index in [1.165, 1.54) is 38.5 Å². The molecule has 1 aliphatic carbocycles. The molecule has 0 heteroatoms. The summed E-state index contributed by atoms with van der Waals surface area (Å²) >= 11 is 0. The van der Waals surface area contributed by atoms with E-state index in [1.54, 1.807) is 0 Å². The quantitative estimate of drug-likeness (QED) is 0.501. The molecule has 1 unspecified atom stereocenters. The average molecular weight is 151 g/mol. The van der Waals surface area contributed by atoms with Gasteiger partial charge >= 0.3 is 0 Å². The predicted molar refractivity (Wildman–Crippen MR) is 50.3 cm³/mol. The Kier molecular flexibility index (Phi) is 4.33. The molecule has 0 saturated carbocycles. The summed E-state index contributed by atoms with van der Waals surface area (Å²) in [5.41, 5.74) is 0. The van der Waals surface area contributed by atoms with Crippen molar-refractivity contribution < 1.29 is 0 Å². The van der Waals surface area contributed by atoms with E-state index >= 15 is 0 Å². The van der Waals surface area contributed by atoms with Gasteiger partial charge in [0.05, 0.1) is 0 Å². The van der Waals surface area contributed by atoms with Gasteiger partial charge in [-0.2, -0.15) is 0 Å². The van der Waals surface area contributed by atoms with E-state index in [9.17, 15) is 0 Å². The monoisotopic (exact) mass is 151 g/mol. The molecule has 0 aromatic carbocycles. The maximum atomic E-state index is 2.38. The van der Waals surface area contributed by atoms with Gasteiger partial charge in [-0.25, -0.2) is 0 Å². The summed E-state index contributed by atoms with van der Waals surface area (Å²) in [6, 6.07) is 0. The molecule has 0 nitrogen and oxygen atoms in total. The minimum Gasteiger partial charge on any atom is -0.0882 e. The fourth-order valence-electron chi connectivity index (χ4n) is 1.64. The highest BCUT2D eigenvalue weighted by Gasteiger charge is 2.02. The fraction of sp³-hybridized carbons (Fsp3) is 0.727. The molecule has 0 aliphatic heterocycles. The summed E-state index contributed by atoms with van der Waals surface area (Å²) in [5, 5.41) is 0. The van der Waals surface area contributed by atoms with Gasteiger partial charge in [-0.05, 0) is 31.6 Å². The van der Waals surface area contributed by atoms with Crippen LogP contribution in [0.15, 0.2) is 12.2 Å². The number of hydrogen-bond donors (Lipinski definition) is 0. The lowest BCUT2D eigenvalue weighted by molar-refractivity contribution is 0.576. The minimum absolute atomic E-state index is 0.757. The van der Waals surface area contributed by atoms with Crippen molar-refractivity contribution in [1.82, 2.24) is 0 Å². The van der Waals surface area contributed by atoms with Crippen molar-refractivity contribution in [2.24, 2.45) is 5.92 Å². The van der Waals surface area contributed by atoms with Gasteiger partial charge in [0, 0.05) is 0 Å². The van der Waals surface area contributed by atoms with Crippen molar-refractivity contribution in [3.8, 4) is 0 Å². The first-order chi connectivity index (χ1) is 5.43. The second-order valence-electron chi connectivity index (χ2n) is 3.42. The van der Waals surface area contributed by atoms with Crippen molar-refractivity contribution in [1.29, 1.82) is 0 Å². The molecule has 11 heavy (non-hydrogen) atoms. The van der Waals surface area contributed by atoms with Gasteiger partial charge in [0.1, 0.15) is 0 Å². The largest absolute Gasteiger partial charge is 0.0882 e. The van der Waals surface area contributed by atoms with E-state index in [0.717, 1.165) is 5.92 Å². The smallest absolute Gasteiger partial charge is 0.0205 e. The molecule has 0 aromatic rings. The molecule has 0 N–H and O–H groups in total. The maximum Gasteiger partial charge on any atom is -0.0205 e. The predicted octanol–water partition coefficient (Wildman–Crippen LogP) is 3.74. The van der Waals surface area contributed by atoms with Crippen LogP contribution in [0.25, 0.3) is 0 Å². The first kappa shape index (κ1) is 8.83. The van der Waals surface area contributed by atoms with Crippen LogP contribution in [-0.4, -0.2) is 0 Å². The molecule has 0 amide bonds. The van der Waals surface area contributed by atoms with Gasteiger partial charge in [-0.15, -0.1) is 0 Å². The molecule has 1 radical (unpaired) electrons. The molecule has 0 fully saturated rings. The summed E-state index contributed by atoms with van der Waals surface area (Å²) in [6.07, 6.45) is 15.4. The third kappa shape index (κ3) is 3.60. The molecule has 0 aromatic heterocycles. The Hall–Kier alpha value is -0.260. The van der Waals surface area contributed by atoms with Crippen LogP contribution in [-0.2, 0) is 0 Å². The lowest BCUT2D eigenvalue weighted by atomic mass is 9.99. The van der Waals surface area contributed by atoms with E-state index in [0.29, 0.717) is 0 Å². The van der Waals surface area contributed by atoms with Crippen LogP contribution in [0.4, 0.5) is 0 Å². The van der Waals surface area contributed by atoms with Crippen LogP contribution >= 0.6 is 0 Å². The van der Waals surface area contributed by atoms with E-state index < -0.39 is 0 Å². The van der Waals surface area contributed by atoms with Crippen LogP contribution in [0.2, 0.25) is 0 Å². The van der Waals surface area contributed by atoms with Crippen LogP contribution < -0.4 is 0 Å². The second kappa shape index (κ2) is 5.40. The van der Waals surface area contributed by atoms with Crippen molar-refractivity contribution >= 4 is 0 Å². The van der Waals surface area contributed by atoms with E-state index in [2.05, 4.69) is 25.5 Å².